The topological polar surface area (TPSA) is 20.2 Å². The fourth-order valence-electron chi connectivity index (χ4n) is 1.26. The van der Waals surface area contributed by atoms with E-state index < -0.39 is 12.8 Å². The molecule has 1 rings (SSSR count). The Bertz CT molecular complexity index is 223. The highest BCUT2D eigenvalue weighted by molar-refractivity contribution is 5.14. The first kappa shape index (κ1) is 10.2. The van der Waals surface area contributed by atoms with E-state index in [0.29, 0.717) is 6.42 Å². The van der Waals surface area contributed by atoms with Crippen LogP contribution in [0.25, 0.3) is 0 Å². The lowest BCUT2D eigenvalue weighted by Gasteiger charge is -2.04. The first-order valence-corrected chi connectivity index (χ1v) is 4.61. The summed E-state index contributed by atoms with van der Waals surface area (Å²) in [6, 6.07) is 10.0. The van der Waals surface area contributed by atoms with Crippen molar-refractivity contribution in [1.29, 1.82) is 0 Å². The maximum atomic E-state index is 11.9. The Balaban J connectivity index is 2.20. The minimum Gasteiger partial charge on any atom is -0.390 e. The first-order chi connectivity index (χ1) is 6.33. The van der Waals surface area contributed by atoms with E-state index in [1.165, 1.54) is 5.56 Å². The van der Waals surface area contributed by atoms with Gasteiger partial charge in [-0.25, -0.2) is 4.39 Å². The van der Waals surface area contributed by atoms with Crippen LogP contribution in [0.1, 0.15) is 18.4 Å². The lowest BCUT2D eigenvalue weighted by atomic mass is 10.1. The van der Waals surface area contributed by atoms with Gasteiger partial charge in [0.15, 0.2) is 0 Å². The highest BCUT2D eigenvalue weighted by Crippen LogP contribution is 2.06. The van der Waals surface area contributed by atoms with Crippen molar-refractivity contribution < 1.29 is 9.50 Å². The standard InChI is InChI=1S/C11H15FO/c12-9-11(13)8-4-7-10-5-2-1-3-6-10/h1-3,5-6,11,13H,4,7-9H2. The number of rotatable bonds is 5. The van der Waals surface area contributed by atoms with Gasteiger partial charge in [-0.1, -0.05) is 30.3 Å². The van der Waals surface area contributed by atoms with Crippen molar-refractivity contribution in [3.8, 4) is 0 Å². The summed E-state index contributed by atoms with van der Waals surface area (Å²) in [5.74, 6) is 0. The molecule has 0 aliphatic carbocycles. The molecular weight excluding hydrogens is 167 g/mol. The Hall–Kier alpha value is -0.890. The molecule has 0 heterocycles. The van der Waals surface area contributed by atoms with Gasteiger partial charge in [0, 0.05) is 0 Å². The molecule has 0 spiro atoms. The molecule has 1 aromatic carbocycles. The Morgan fingerprint density at radius 1 is 1.23 bits per heavy atom. The van der Waals surface area contributed by atoms with Crippen LogP contribution in [0.4, 0.5) is 4.39 Å². The van der Waals surface area contributed by atoms with Crippen molar-refractivity contribution in [2.75, 3.05) is 6.67 Å². The van der Waals surface area contributed by atoms with Crippen LogP contribution in [0.3, 0.4) is 0 Å². The van der Waals surface area contributed by atoms with E-state index in [9.17, 15) is 4.39 Å². The second-order valence-corrected chi connectivity index (χ2v) is 3.19. The number of aliphatic hydroxyl groups excluding tert-OH is 1. The summed E-state index contributed by atoms with van der Waals surface area (Å²) in [6.07, 6.45) is 1.53. The zero-order chi connectivity index (χ0) is 9.52. The lowest BCUT2D eigenvalue weighted by molar-refractivity contribution is 0.129. The van der Waals surface area contributed by atoms with E-state index in [0.717, 1.165) is 12.8 Å². The molecule has 72 valence electrons. The fraction of sp³-hybridized carbons (Fsp3) is 0.455. The van der Waals surface area contributed by atoms with Crippen molar-refractivity contribution in [2.24, 2.45) is 0 Å². The van der Waals surface area contributed by atoms with Gasteiger partial charge < -0.3 is 5.11 Å². The quantitative estimate of drug-likeness (QED) is 0.741. The molecule has 0 saturated carbocycles. The van der Waals surface area contributed by atoms with Crippen molar-refractivity contribution in [3.63, 3.8) is 0 Å². The summed E-state index contributed by atoms with van der Waals surface area (Å²) < 4.78 is 11.9. The second kappa shape index (κ2) is 5.70. The number of alkyl halides is 1. The van der Waals surface area contributed by atoms with Crippen molar-refractivity contribution in [2.45, 2.75) is 25.4 Å². The van der Waals surface area contributed by atoms with Gasteiger partial charge in [-0.15, -0.1) is 0 Å². The summed E-state index contributed by atoms with van der Waals surface area (Å²) in [5.41, 5.74) is 1.24. The monoisotopic (exact) mass is 182 g/mol. The van der Waals surface area contributed by atoms with Crippen LogP contribution < -0.4 is 0 Å². The molecule has 13 heavy (non-hydrogen) atoms. The van der Waals surface area contributed by atoms with Gasteiger partial charge in [0.2, 0.25) is 0 Å². The van der Waals surface area contributed by atoms with Gasteiger partial charge in [0.25, 0.3) is 0 Å². The Morgan fingerprint density at radius 2 is 1.92 bits per heavy atom. The third-order valence-corrected chi connectivity index (χ3v) is 2.02. The van der Waals surface area contributed by atoms with Crippen LogP contribution >= 0.6 is 0 Å². The molecule has 0 radical (unpaired) electrons. The summed E-state index contributed by atoms with van der Waals surface area (Å²) in [4.78, 5) is 0. The van der Waals surface area contributed by atoms with E-state index in [2.05, 4.69) is 0 Å². The first-order valence-electron chi connectivity index (χ1n) is 4.61. The molecule has 0 amide bonds. The van der Waals surface area contributed by atoms with E-state index in [4.69, 9.17) is 5.11 Å². The second-order valence-electron chi connectivity index (χ2n) is 3.19. The van der Waals surface area contributed by atoms with E-state index >= 15 is 0 Å². The normalized spacial score (nSPS) is 12.8. The van der Waals surface area contributed by atoms with E-state index in [-0.39, 0.29) is 0 Å². The predicted molar refractivity (Wildman–Crippen MR) is 51.4 cm³/mol. The third kappa shape index (κ3) is 4.04. The summed E-state index contributed by atoms with van der Waals surface area (Å²) in [5, 5.41) is 8.96. The minimum absolute atomic E-state index is 0.547. The number of hydrogen-bond acceptors (Lipinski definition) is 1. The molecule has 0 bridgehead atoms. The van der Waals surface area contributed by atoms with Crippen molar-refractivity contribution in [1.82, 2.24) is 0 Å². The summed E-state index contributed by atoms with van der Waals surface area (Å²) >= 11 is 0. The average Bonchev–Trinajstić information content (AvgIpc) is 2.19. The average molecular weight is 182 g/mol. The van der Waals surface area contributed by atoms with Crippen LogP contribution in [0.15, 0.2) is 30.3 Å². The summed E-state index contributed by atoms with van der Waals surface area (Å²) in [7, 11) is 0. The molecular formula is C11H15FO. The largest absolute Gasteiger partial charge is 0.390 e. The van der Waals surface area contributed by atoms with Crippen molar-refractivity contribution in [3.05, 3.63) is 35.9 Å². The Morgan fingerprint density at radius 3 is 2.54 bits per heavy atom. The molecule has 0 aromatic heterocycles. The van der Waals surface area contributed by atoms with Gasteiger partial charge in [0.1, 0.15) is 6.67 Å². The number of halogens is 1. The number of hydrogen-bond donors (Lipinski definition) is 1. The van der Waals surface area contributed by atoms with Crippen LogP contribution in [0.5, 0.6) is 0 Å². The van der Waals surface area contributed by atoms with Gasteiger partial charge >= 0.3 is 0 Å². The predicted octanol–water partition coefficient (Wildman–Crippen LogP) is 2.34. The number of benzene rings is 1. The molecule has 1 unspecified atom stereocenters. The Kier molecular flexibility index (Phi) is 4.47. The number of aliphatic hydroxyl groups is 1. The van der Waals surface area contributed by atoms with Crippen LogP contribution in [0, 0.1) is 0 Å². The van der Waals surface area contributed by atoms with E-state index in [1.807, 2.05) is 30.3 Å². The maximum Gasteiger partial charge on any atom is 0.115 e. The third-order valence-electron chi connectivity index (χ3n) is 2.02. The zero-order valence-corrected chi connectivity index (χ0v) is 7.62. The maximum absolute atomic E-state index is 11.9. The van der Waals surface area contributed by atoms with Crippen LogP contribution in [0.2, 0.25) is 0 Å². The van der Waals surface area contributed by atoms with Gasteiger partial charge in [-0.2, -0.15) is 0 Å². The smallest absolute Gasteiger partial charge is 0.115 e. The van der Waals surface area contributed by atoms with Crippen LogP contribution in [-0.2, 0) is 6.42 Å². The van der Waals surface area contributed by atoms with Crippen LogP contribution in [-0.4, -0.2) is 17.9 Å². The van der Waals surface area contributed by atoms with E-state index in [1.54, 1.807) is 0 Å². The van der Waals surface area contributed by atoms with Gasteiger partial charge in [0.05, 0.1) is 6.10 Å². The molecule has 2 heteroatoms. The highest BCUT2D eigenvalue weighted by Gasteiger charge is 2.01. The van der Waals surface area contributed by atoms with Gasteiger partial charge in [-0.05, 0) is 24.8 Å². The lowest BCUT2D eigenvalue weighted by Crippen LogP contribution is -2.08. The number of aryl methyl sites for hydroxylation is 1. The fourth-order valence-corrected chi connectivity index (χ4v) is 1.26. The molecule has 0 aliphatic rings. The molecule has 0 aliphatic heterocycles. The molecule has 1 aromatic rings. The molecule has 1 atom stereocenters. The molecule has 0 fully saturated rings. The molecule has 0 saturated heterocycles. The summed E-state index contributed by atoms with van der Waals surface area (Å²) in [6.45, 7) is -0.630. The van der Waals surface area contributed by atoms with Crippen molar-refractivity contribution >= 4 is 0 Å². The van der Waals surface area contributed by atoms with Gasteiger partial charge in [-0.3, -0.25) is 0 Å². The SMILES string of the molecule is OC(CF)CCCc1ccccc1. The minimum atomic E-state index is -0.774. The molecule has 1 N–H and O–H groups in total. The zero-order valence-electron chi connectivity index (χ0n) is 7.62. The Labute approximate surface area is 78.2 Å². The highest BCUT2D eigenvalue weighted by atomic mass is 19.1. The molecule has 1 nitrogen and oxygen atoms in total.